The largest absolute Gasteiger partial charge is 0.481 e. The molecule has 0 aliphatic carbocycles. The molecule has 2 aromatic rings. The van der Waals surface area contributed by atoms with Crippen LogP contribution in [0.3, 0.4) is 0 Å². The molecule has 1 aliphatic rings. The highest BCUT2D eigenvalue weighted by Crippen LogP contribution is 2.23. The first-order valence-corrected chi connectivity index (χ1v) is 9.50. The van der Waals surface area contributed by atoms with Crippen molar-refractivity contribution in [2.24, 2.45) is 11.0 Å². The molecular weight excluding hydrogens is 338 g/mol. The molecule has 1 unspecified atom stereocenters. The topological polar surface area (TPSA) is 64.9 Å². The third kappa shape index (κ3) is 5.41. The predicted octanol–water partition coefficient (Wildman–Crippen LogP) is 3.38. The zero-order valence-corrected chi connectivity index (χ0v) is 15.8. The Hall–Kier alpha value is -2.66. The zero-order chi connectivity index (χ0) is 19.1. The van der Waals surface area contributed by atoms with Gasteiger partial charge in [-0.05, 0) is 37.4 Å². The molecule has 2 aromatic carbocycles. The third-order valence-electron chi connectivity index (χ3n) is 4.98. The summed E-state index contributed by atoms with van der Waals surface area (Å²) in [6.45, 7) is 5.20. The van der Waals surface area contributed by atoms with Crippen LogP contribution in [0.4, 0.5) is 0 Å². The summed E-state index contributed by atoms with van der Waals surface area (Å²) in [5.74, 6) is -0.915. The summed E-state index contributed by atoms with van der Waals surface area (Å²) >= 11 is 0. The van der Waals surface area contributed by atoms with Crippen molar-refractivity contribution in [2.45, 2.75) is 19.8 Å². The summed E-state index contributed by atoms with van der Waals surface area (Å²) in [5, 5.41) is 13.5. The van der Waals surface area contributed by atoms with Crippen LogP contribution in [-0.4, -0.2) is 48.4 Å². The number of aryl methyl sites for hydroxylation is 1. The van der Waals surface area contributed by atoms with Crippen LogP contribution in [-0.2, 0) is 4.79 Å². The first kappa shape index (κ1) is 19.1. The van der Waals surface area contributed by atoms with Crippen molar-refractivity contribution in [3.05, 3.63) is 59.7 Å². The number of hydrogen-bond donors (Lipinski definition) is 2. The number of piperidine rings is 1. The Morgan fingerprint density at radius 1 is 1.30 bits per heavy atom. The molecule has 0 saturated carbocycles. The molecule has 1 fully saturated rings. The second kappa shape index (κ2) is 9.33. The van der Waals surface area contributed by atoms with Crippen LogP contribution < -0.4 is 5.43 Å². The minimum absolute atomic E-state index is 0.233. The fourth-order valence-corrected chi connectivity index (χ4v) is 3.53. The van der Waals surface area contributed by atoms with Crippen molar-refractivity contribution in [2.75, 3.05) is 26.2 Å². The van der Waals surface area contributed by atoms with Crippen LogP contribution in [0.25, 0.3) is 11.1 Å². The van der Waals surface area contributed by atoms with Crippen molar-refractivity contribution < 1.29 is 9.90 Å². The van der Waals surface area contributed by atoms with E-state index in [1.54, 1.807) is 0 Å². The standard InChI is InChI=1S/C22H27N3O2/c1-17-6-4-8-18(14-17)21-10-3-2-7-19(21)15-24-23-11-13-25-12-5-9-20(16-25)22(26)27/h2-4,6-8,10,14-15,20,23H,5,9,11-13,16H2,1H3,(H,26,27)/b24-15+. The minimum atomic E-state index is -0.682. The van der Waals surface area contributed by atoms with E-state index in [-0.39, 0.29) is 5.92 Å². The van der Waals surface area contributed by atoms with E-state index in [1.807, 2.05) is 18.3 Å². The predicted molar refractivity (Wildman–Crippen MR) is 109 cm³/mol. The van der Waals surface area contributed by atoms with Crippen LogP contribution in [0.15, 0.2) is 53.6 Å². The van der Waals surface area contributed by atoms with E-state index in [9.17, 15) is 4.79 Å². The number of carbonyl (C=O) groups is 1. The van der Waals surface area contributed by atoms with Crippen LogP contribution in [0, 0.1) is 12.8 Å². The van der Waals surface area contributed by atoms with Crippen molar-refractivity contribution in [1.82, 2.24) is 10.3 Å². The van der Waals surface area contributed by atoms with Crippen molar-refractivity contribution in [3.8, 4) is 11.1 Å². The summed E-state index contributed by atoms with van der Waals surface area (Å²) in [7, 11) is 0. The van der Waals surface area contributed by atoms with E-state index in [0.29, 0.717) is 13.1 Å². The molecule has 142 valence electrons. The molecule has 2 N–H and O–H groups in total. The van der Waals surface area contributed by atoms with Gasteiger partial charge in [0, 0.05) is 25.2 Å². The van der Waals surface area contributed by atoms with Crippen LogP contribution in [0.5, 0.6) is 0 Å². The number of benzene rings is 2. The van der Waals surface area contributed by atoms with Crippen LogP contribution in [0.1, 0.15) is 24.0 Å². The normalized spacial score (nSPS) is 17.9. The summed E-state index contributed by atoms with van der Waals surface area (Å²) in [5.41, 5.74) is 7.74. The van der Waals surface area contributed by atoms with Gasteiger partial charge in [-0.1, -0.05) is 54.1 Å². The van der Waals surface area contributed by atoms with Gasteiger partial charge in [-0.25, -0.2) is 0 Å². The lowest BCUT2D eigenvalue weighted by molar-refractivity contribution is -0.143. The van der Waals surface area contributed by atoms with Crippen LogP contribution in [0.2, 0.25) is 0 Å². The molecule has 0 aromatic heterocycles. The maximum absolute atomic E-state index is 11.1. The molecule has 0 bridgehead atoms. The number of carboxylic acid groups (broad SMARTS) is 1. The molecule has 1 saturated heterocycles. The number of aliphatic carboxylic acids is 1. The first-order valence-electron chi connectivity index (χ1n) is 9.50. The van der Waals surface area contributed by atoms with E-state index in [1.165, 1.54) is 11.1 Å². The minimum Gasteiger partial charge on any atom is -0.481 e. The monoisotopic (exact) mass is 365 g/mol. The third-order valence-corrected chi connectivity index (χ3v) is 4.98. The van der Waals surface area contributed by atoms with Gasteiger partial charge in [0.2, 0.25) is 0 Å². The molecule has 5 heteroatoms. The molecule has 1 heterocycles. The molecular formula is C22H27N3O2. The molecule has 27 heavy (non-hydrogen) atoms. The molecule has 0 radical (unpaired) electrons. The van der Waals surface area contributed by atoms with Crippen LogP contribution >= 0.6 is 0 Å². The lowest BCUT2D eigenvalue weighted by Gasteiger charge is -2.30. The highest BCUT2D eigenvalue weighted by atomic mass is 16.4. The molecule has 5 nitrogen and oxygen atoms in total. The molecule has 1 aliphatic heterocycles. The van der Waals surface area contributed by atoms with Gasteiger partial charge in [-0.15, -0.1) is 0 Å². The van der Waals surface area contributed by atoms with Gasteiger partial charge in [0.1, 0.15) is 0 Å². The summed E-state index contributed by atoms with van der Waals surface area (Å²) in [6.07, 6.45) is 3.59. The summed E-state index contributed by atoms with van der Waals surface area (Å²) < 4.78 is 0. The van der Waals surface area contributed by atoms with Gasteiger partial charge in [0.15, 0.2) is 0 Å². The molecule has 0 amide bonds. The fourth-order valence-electron chi connectivity index (χ4n) is 3.53. The fraction of sp³-hybridized carbons (Fsp3) is 0.364. The molecule has 0 spiro atoms. The van der Waals surface area contributed by atoms with Gasteiger partial charge in [0.05, 0.1) is 12.1 Å². The lowest BCUT2D eigenvalue weighted by atomic mass is 9.98. The average Bonchev–Trinajstić information content (AvgIpc) is 2.68. The second-order valence-electron chi connectivity index (χ2n) is 7.10. The SMILES string of the molecule is Cc1cccc(-c2ccccc2/C=N/NCCN2CCCC(C(=O)O)C2)c1. The smallest absolute Gasteiger partial charge is 0.307 e. The number of nitrogens with one attached hydrogen (secondary N) is 1. The Morgan fingerprint density at radius 2 is 2.15 bits per heavy atom. The van der Waals surface area contributed by atoms with E-state index < -0.39 is 5.97 Å². The van der Waals surface area contributed by atoms with E-state index in [2.05, 4.69) is 58.7 Å². The lowest BCUT2D eigenvalue weighted by Crippen LogP contribution is -2.41. The highest BCUT2D eigenvalue weighted by molar-refractivity contribution is 5.90. The van der Waals surface area contributed by atoms with E-state index >= 15 is 0 Å². The molecule has 1 atom stereocenters. The Bertz CT molecular complexity index is 804. The van der Waals surface area contributed by atoms with Gasteiger partial charge >= 0.3 is 5.97 Å². The number of rotatable bonds is 7. The Balaban J connectivity index is 1.54. The van der Waals surface area contributed by atoms with Crippen molar-refractivity contribution in [1.29, 1.82) is 0 Å². The highest BCUT2D eigenvalue weighted by Gasteiger charge is 2.24. The number of likely N-dealkylation sites (tertiary alicyclic amines) is 1. The number of carboxylic acids is 1. The van der Waals surface area contributed by atoms with Gasteiger partial charge in [0.25, 0.3) is 0 Å². The maximum Gasteiger partial charge on any atom is 0.307 e. The molecule has 3 rings (SSSR count). The van der Waals surface area contributed by atoms with Crippen molar-refractivity contribution in [3.63, 3.8) is 0 Å². The summed E-state index contributed by atoms with van der Waals surface area (Å²) in [6, 6.07) is 16.7. The number of nitrogens with zero attached hydrogens (tertiary/aromatic N) is 2. The Labute approximate surface area is 160 Å². The average molecular weight is 365 g/mol. The van der Waals surface area contributed by atoms with Gasteiger partial charge < -0.3 is 15.4 Å². The van der Waals surface area contributed by atoms with Gasteiger partial charge in [-0.3, -0.25) is 4.79 Å². The van der Waals surface area contributed by atoms with Crippen molar-refractivity contribution >= 4 is 12.2 Å². The Kier molecular flexibility index (Phi) is 6.60. The zero-order valence-electron chi connectivity index (χ0n) is 15.8. The Morgan fingerprint density at radius 3 is 2.96 bits per heavy atom. The maximum atomic E-state index is 11.1. The van der Waals surface area contributed by atoms with E-state index in [4.69, 9.17) is 5.11 Å². The van der Waals surface area contributed by atoms with Gasteiger partial charge in [-0.2, -0.15) is 5.10 Å². The van der Waals surface area contributed by atoms with E-state index in [0.717, 1.165) is 37.1 Å². The first-order chi connectivity index (χ1) is 13.1. The summed E-state index contributed by atoms with van der Waals surface area (Å²) in [4.78, 5) is 13.3. The number of hydrogen-bond acceptors (Lipinski definition) is 4. The quantitative estimate of drug-likeness (QED) is 0.448. The second-order valence-corrected chi connectivity index (χ2v) is 7.10. The number of hydrazone groups is 1.